The Morgan fingerprint density at radius 3 is 2.74 bits per heavy atom. The fourth-order valence-corrected chi connectivity index (χ4v) is 2.87. The van der Waals surface area contributed by atoms with E-state index in [0.29, 0.717) is 13.0 Å². The number of benzene rings is 1. The van der Waals surface area contributed by atoms with Crippen LogP contribution in [0.2, 0.25) is 0 Å². The van der Waals surface area contributed by atoms with E-state index in [-0.39, 0.29) is 17.6 Å². The lowest BCUT2D eigenvalue weighted by molar-refractivity contribution is -0.119. The van der Waals surface area contributed by atoms with E-state index >= 15 is 0 Å². The zero-order valence-corrected chi connectivity index (χ0v) is 13.3. The Bertz CT molecular complexity index is 722. The summed E-state index contributed by atoms with van der Waals surface area (Å²) in [5, 5.41) is 2.92. The molecule has 1 aliphatic rings. The first kappa shape index (κ1) is 15.3. The number of amides is 2. The Balaban J connectivity index is 1.73. The third-order valence-corrected chi connectivity index (χ3v) is 4.32. The molecule has 23 heavy (non-hydrogen) atoms. The molecule has 1 aliphatic heterocycles. The molecule has 1 aromatic carbocycles. The van der Waals surface area contributed by atoms with Crippen molar-refractivity contribution in [1.29, 1.82) is 0 Å². The number of furan rings is 1. The van der Waals surface area contributed by atoms with Crippen LogP contribution >= 0.6 is 0 Å². The predicted octanol–water partition coefficient (Wildman–Crippen LogP) is 3.14. The van der Waals surface area contributed by atoms with Gasteiger partial charge in [0.2, 0.25) is 5.91 Å². The van der Waals surface area contributed by atoms with E-state index in [0.717, 1.165) is 17.7 Å². The summed E-state index contributed by atoms with van der Waals surface area (Å²) < 4.78 is 5.16. The highest BCUT2D eigenvalue weighted by molar-refractivity contribution is 6.00. The van der Waals surface area contributed by atoms with Crippen molar-refractivity contribution < 1.29 is 14.0 Å². The molecule has 0 aliphatic carbocycles. The normalized spacial score (nSPS) is 17.3. The van der Waals surface area contributed by atoms with Crippen LogP contribution in [0.15, 0.2) is 41.0 Å². The standard InChI is InChI=1S/C18H20N2O3/c1-12-7-8-14(11-13(12)2)19-17(21)15-5-3-9-20(15)18(22)16-6-4-10-23-16/h4,6-8,10-11,15H,3,5,9H2,1-2H3,(H,19,21)/t15-/m1/s1. The molecule has 5 heteroatoms. The fraction of sp³-hybridized carbons (Fsp3) is 0.333. The third kappa shape index (κ3) is 3.13. The summed E-state index contributed by atoms with van der Waals surface area (Å²) in [5.74, 6) is -0.103. The predicted molar refractivity (Wildman–Crippen MR) is 87.3 cm³/mol. The van der Waals surface area contributed by atoms with Crippen molar-refractivity contribution in [3.8, 4) is 0 Å². The van der Waals surface area contributed by atoms with E-state index in [1.165, 1.54) is 11.8 Å². The van der Waals surface area contributed by atoms with Crippen molar-refractivity contribution in [3.05, 3.63) is 53.5 Å². The monoisotopic (exact) mass is 312 g/mol. The first-order chi connectivity index (χ1) is 11.1. The van der Waals surface area contributed by atoms with Crippen LogP contribution < -0.4 is 5.32 Å². The van der Waals surface area contributed by atoms with E-state index < -0.39 is 6.04 Å². The number of nitrogens with zero attached hydrogens (tertiary/aromatic N) is 1. The first-order valence-corrected chi connectivity index (χ1v) is 7.79. The third-order valence-electron chi connectivity index (χ3n) is 4.32. The van der Waals surface area contributed by atoms with Gasteiger partial charge < -0.3 is 14.6 Å². The van der Waals surface area contributed by atoms with Crippen LogP contribution in [0.3, 0.4) is 0 Å². The summed E-state index contributed by atoms with van der Waals surface area (Å²) in [5.41, 5.74) is 3.06. The van der Waals surface area contributed by atoms with Crippen LogP contribution in [-0.4, -0.2) is 29.3 Å². The van der Waals surface area contributed by atoms with Gasteiger partial charge >= 0.3 is 0 Å². The average Bonchev–Trinajstić information content (AvgIpc) is 3.21. The van der Waals surface area contributed by atoms with Crippen molar-refractivity contribution in [2.75, 3.05) is 11.9 Å². The molecular weight excluding hydrogens is 292 g/mol. The molecular formula is C18H20N2O3. The Morgan fingerprint density at radius 1 is 1.22 bits per heavy atom. The zero-order valence-electron chi connectivity index (χ0n) is 13.3. The number of carbonyl (C=O) groups is 2. The van der Waals surface area contributed by atoms with Gasteiger partial charge in [0.05, 0.1) is 6.26 Å². The fourth-order valence-electron chi connectivity index (χ4n) is 2.87. The lowest BCUT2D eigenvalue weighted by atomic mass is 10.1. The molecule has 0 saturated carbocycles. The van der Waals surface area contributed by atoms with Gasteiger partial charge in [-0.3, -0.25) is 9.59 Å². The quantitative estimate of drug-likeness (QED) is 0.947. The Labute approximate surface area is 135 Å². The highest BCUT2D eigenvalue weighted by Crippen LogP contribution is 2.22. The molecule has 0 spiro atoms. The second-order valence-electron chi connectivity index (χ2n) is 5.92. The van der Waals surface area contributed by atoms with Crippen LogP contribution in [0.1, 0.15) is 34.5 Å². The Kier molecular flexibility index (Phi) is 4.19. The van der Waals surface area contributed by atoms with Crippen molar-refractivity contribution in [2.45, 2.75) is 32.7 Å². The van der Waals surface area contributed by atoms with Gasteiger partial charge in [-0.15, -0.1) is 0 Å². The van der Waals surface area contributed by atoms with Crippen molar-refractivity contribution >= 4 is 17.5 Å². The summed E-state index contributed by atoms with van der Waals surface area (Å²) in [6, 6.07) is 8.65. The molecule has 1 saturated heterocycles. The highest BCUT2D eigenvalue weighted by atomic mass is 16.3. The molecule has 1 N–H and O–H groups in total. The van der Waals surface area contributed by atoms with Crippen LogP contribution in [-0.2, 0) is 4.79 Å². The van der Waals surface area contributed by atoms with Gasteiger partial charge in [-0.1, -0.05) is 6.07 Å². The minimum absolute atomic E-state index is 0.148. The number of aryl methyl sites for hydroxylation is 2. The average molecular weight is 312 g/mol. The zero-order chi connectivity index (χ0) is 16.4. The van der Waals surface area contributed by atoms with Crippen LogP contribution in [0, 0.1) is 13.8 Å². The van der Waals surface area contributed by atoms with Gasteiger partial charge in [0.15, 0.2) is 5.76 Å². The van der Waals surface area contributed by atoms with Crippen LogP contribution in [0.25, 0.3) is 0 Å². The van der Waals surface area contributed by atoms with Gasteiger partial charge in [-0.25, -0.2) is 0 Å². The molecule has 0 bridgehead atoms. The molecule has 1 atom stereocenters. The molecule has 2 amide bonds. The maximum atomic E-state index is 12.6. The van der Waals surface area contributed by atoms with Gasteiger partial charge in [0.1, 0.15) is 6.04 Å². The molecule has 1 aromatic heterocycles. The van der Waals surface area contributed by atoms with Crippen molar-refractivity contribution in [2.24, 2.45) is 0 Å². The molecule has 0 radical (unpaired) electrons. The smallest absolute Gasteiger partial charge is 0.290 e. The molecule has 120 valence electrons. The number of carbonyl (C=O) groups excluding carboxylic acids is 2. The van der Waals surface area contributed by atoms with E-state index in [1.54, 1.807) is 17.0 Å². The van der Waals surface area contributed by atoms with Crippen LogP contribution in [0.4, 0.5) is 5.69 Å². The highest BCUT2D eigenvalue weighted by Gasteiger charge is 2.35. The Morgan fingerprint density at radius 2 is 2.04 bits per heavy atom. The summed E-state index contributed by atoms with van der Waals surface area (Å²) in [6.45, 7) is 4.61. The van der Waals surface area contributed by atoms with Gasteiger partial charge in [0, 0.05) is 12.2 Å². The molecule has 2 heterocycles. The summed E-state index contributed by atoms with van der Waals surface area (Å²) in [7, 11) is 0. The number of likely N-dealkylation sites (tertiary alicyclic amines) is 1. The van der Waals surface area contributed by atoms with Crippen molar-refractivity contribution in [3.63, 3.8) is 0 Å². The molecule has 1 fully saturated rings. The van der Waals surface area contributed by atoms with E-state index in [2.05, 4.69) is 5.32 Å². The topological polar surface area (TPSA) is 62.6 Å². The molecule has 3 rings (SSSR count). The van der Waals surface area contributed by atoms with Gasteiger partial charge in [0.25, 0.3) is 5.91 Å². The maximum absolute atomic E-state index is 12.6. The first-order valence-electron chi connectivity index (χ1n) is 7.79. The van der Waals surface area contributed by atoms with E-state index in [1.807, 2.05) is 32.0 Å². The minimum atomic E-state index is -0.450. The lowest BCUT2D eigenvalue weighted by Crippen LogP contribution is -2.43. The number of hydrogen-bond donors (Lipinski definition) is 1. The maximum Gasteiger partial charge on any atom is 0.290 e. The second kappa shape index (κ2) is 6.28. The van der Waals surface area contributed by atoms with E-state index in [9.17, 15) is 9.59 Å². The second-order valence-corrected chi connectivity index (χ2v) is 5.92. The summed E-state index contributed by atoms with van der Waals surface area (Å²) >= 11 is 0. The summed E-state index contributed by atoms with van der Waals surface area (Å²) in [6.07, 6.45) is 2.95. The number of nitrogens with one attached hydrogen (secondary N) is 1. The SMILES string of the molecule is Cc1ccc(NC(=O)[C@H]2CCCN2C(=O)c2ccco2)cc1C. The molecule has 0 unspecified atom stereocenters. The number of hydrogen-bond acceptors (Lipinski definition) is 3. The number of anilines is 1. The molecule has 5 nitrogen and oxygen atoms in total. The minimum Gasteiger partial charge on any atom is -0.459 e. The van der Waals surface area contributed by atoms with Gasteiger partial charge in [-0.2, -0.15) is 0 Å². The van der Waals surface area contributed by atoms with Crippen LogP contribution in [0.5, 0.6) is 0 Å². The molecule has 2 aromatic rings. The van der Waals surface area contributed by atoms with Gasteiger partial charge in [-0.05, 0) is 62.1 Å². The summed E-state index contributed by atoms with van der Waals surface area (Å²) in [4.78, 5) is 26.6. The Hall–Kier alpha value is -2.56. The van der Waals surface area contributed by atoms with Crippen molar-refractivity contribution in [1.82, 2.24) is 4.90 Å². The number of rotatable bonds is 3. The van der Waals surface area contributed by atoms with E-state index in [4.69, 9.17) is 4.42 Å². The largest absolute Gasteiger partial charge is 0.459 e. The lowest BCUT2D eigenvalue weighted by Gasteiger charge is -2.23.